The van der Waals surface area contributed by atoms with Gasteiger partial charge in [0, 0.05) is 17.4 Å². The summed E-state index contributed by atoms with van der Waals surface area (Å²) in [4.78, 5) is 23.6. The highest BCUT2D eigenvalue weighted by Crippen LogP contribution is 2.15. The van der Waals surface area contributed by atoms with Gasteiger partial charge in [-0.15, -0.1) is 0 Å². The fourth-order valence-corrected chi connectivity index (χ4v) is 1.88. The van der Waals surface area contributed by atoms with Crippen LogP contribution in [-0.4, -0.2) is 18.0 Å². The number of rotatable bonds is 5. The summed E-state index contributed by atoms with van der Waals surface area (Å²) in [5, 5.41) is 8.17. The highest BCUT2D eigenvalue weighted by molar-refractivity contribution is 6.04. The lowest BCUT2D eigenvalue weighted by Crippen LogP contribution is -2.34. The van der Waals surface area contributed by atoms with Crippen molar-refractivity contribution in [2.75, 3.05) is 10.6 Å². The molecule has 1 aromatic heterocycles. The van der Waals surface area contributed by atoms with Gasteiger partial charge in [-0.05, 0) is 44.2 Å². The number of furan rings is 1. The summed E-state index contributed by atoms with van der Waals surface area (Å²) in [5.41, 5.74) is 7.09. The minimum absolute atomic E-state index is 0.0573. The molecule has 1 aromatic carbocycles. The van der Waals surface area contributed by atoms with E-state index >= 15 is 0 Å². The van der Waals surface area contributed by atoms with Crippen LogP contribution in [0.5, 0.6) is 0 Å². The predicted octanol–water partition coefficient (Wildman–Crippen LogP) is 2.52. The minimum Gasteiger partial charge on any atom is -0.467 e. The average molecular weight is 316 g/mol. The van der Waals surface area contributed by atoms with E-state index < -0.39 is 0 Å². The van der Waals surface area contributed by atoms with Crippen LogP contribution in [0.2, 0.25) is 0 Å². The second-order valence-electron chi connectivity index (χ2n) is 5.29. The van der Waals surface area contributed by atoms with Gasteiger partial charge in [0.25, 0.3) is 5.91 Å². The van der Waals surface area contributed by atoms with Crippen molar-refractivity contribution >= 4 is 23.3 Å². The van der Waals surface area contributed by atoms with E-state index in [2.05, 4.69) is 16.0 Å². The second-order valence-corrected chi connectivity index (χ2v) is 5.29. The summed E-state index contributed by atoms with van der Waals surface area (Å²) in [5.74, 6) is 0.262. The molecule has 0 radical (unpaired) electrons. The van der Waals surface area contributed by atoms with Crippen molar-refractivity contribution in [3.63, 3.8) is 0 Å². The molecule has 1 heterocycles. The third-order valence-corrected chi connectivity index (χ3v) is 2.94. The summed E-state index contributed by atoms with van der Waals surface area (Å²) in [6.07, 6.45) is 1.36. The molecular weight excluding hydrogens is 296 g/mol. The fourth-order valence-electron chi connectivity index (χ4n) is 1.88. The minimum atomic E-state index is -0.285. The number of anilines is 2. The van der Waals surface area contributed by atoms with E-state index in [1.54, 1.807) is 30.3 Å². The first-order valence-corrected chi connectivity index (χ1v) is 7.24. The number of urea groups is 1. The van der Waals surface area contributed by atoms with E-state index in [1.807, 2.05) is 13.8 Å². The van der Waals surface area contributed by atoms with Crippen molar-refractivity contribution in [1.82, 2.24) is 5.32 Å². The highest BCUT2D eigenvalue weighted by atomic mass is 16.3. The Labute approximate surface area is 134 Å². The fraction of sp³-hybridized carbons (Fsp3) is 0.250. The van der Waals surface area contributed by atoms with Gasteiger partial charge in [0.15, 0.2) is 0 Å². The van der Waals surface area contributed by atoms with Crippen molar-refractivity contribution in [2.45, 2.75) is 26.4 Å². The van der Waals surface area contributed by atoms with Crippen molar-refractivity contribution < 1.29 is 14.0 Å². The number of nitrogens with one attached hydrogen (secondary N) is 3. The zero-order chi connectivity index (χ0) is 16.8. The molecule has 23 heavy (non-hydrogen) atoms. The third-order valence-electron chi connectivity index (χ3n) is 2.94. The molecule has 3 amide bonds. The van der Waals surface area contributed by atoms with Crippen molar-refractivity contribution in [3.05, 3.63) is 47.9 Å². The normalized spacial score (nSPS) is 10.4. The quantitative estimate of drug-likeness (QED) is 0.679. The zero-order valence-electron chi connectivity index (χ0n) is 13.1. The van der Waals surface area contributed by atoms with Crippen LogP contribution in [0, 0.1) is 0 Å². The smallest absolute Gasteiger partial charge is 0.319 e. The van der Waals surface area contributed by atoms with E-state index in [0.29, 0.717) is 22.7 Å². The van der Waals surface area contributed by atoms with Crippen molar-refractivity contribution in [2.24, 2.45) is 5.73 Å². The molecule has 0 aliphatic carbocycles. The molecule has 0 aliphatic heterocycles. The molecular formula is C16H20N4O3. The van der Waals surface area contributed by atoms with Crippen molar-refractivity contribution in [3.8, 4) is 0 Å². The maximum absolute atomic E-state index is 12.0. The first-order chi connectivity index (χ1) is 11.0. The Kier molecular flexibility index (Phi) is 5.37. The summed E-state index contributed by atoms with van der Waals surface area (Å²) < 4.78 is 5.13. The van der Waals surface area contributed by atoms with Gasteiger partial charge in [-0.25, -0.2) is 4.79 Å². The molecule has 7 nitrogen and oxygen atoms in total. The summed E-state index contributed by atoms with van der Waals surface area (Å²) in [6, 6.07) is 8.19. The second kappa shape index (κ2) is 7.46. The molecule has 7 heteroatoms. The number of benzene rings is 1. The Hall–Kier alpha value is -2.80. The number of carbonyl (C=O) groups excluding carboxylic acids is 2. The summed E-state index contributed by atoms with van der Waals surface area (Å²) in [6.45, 7) is 4.00. The molecule has 0 aliphatic rings. The largest absolute Gasteiger partial charge is 0.467 e. The van der Waals surface area contributed by atoms with Crippen LogP contribution in [0.3, 0.4) is 0 Å². The van der Waals surface area contributed by atoms with Gasteiger partial charge in [-0.2, -0.15) is 0 Å². The number of hydrogen-bond acceptors (Lipinski definition) is 4. The average Bonchev–Trinajstić information content (AvgIpc) is 2.97. The maximum atomic E-state index is 12.0. The van der Waals surface area contributed by atoms with Crippen molar-refractivity contribution in [1.29, 1.82) is 0 Å². The molecule has 0 saturated heterocycles. The molecule has 2 aromatic rings. The Bertz CT molecular complexity index is 677. The van der Waals surface area contributed by atoms with E-state index in [4.69, 9.17) is 10.2 Å². The predicted molar refractivity (Wildman–Crippen MR) is 88.3 cm³/mol. The van der Waals surface area contributed by atoms with Crippen LogP contribution in [0.4, 0.5) is 16.2 Å². The lowest BCUT2D eigenvalue weighted by Gasteiger charge is -2.10. The molecule has 0 fully saturated rings. The van der Waals surface area contributed by atoms with Gasteiger partial charge in [0.05, 0.1) is 12.1 Å². The molecule has 0 atom stereocenters. The number of carbonyl (C=O) groups is 2. The highest BCUT2D eigenvalue weighted by Gasteiger charge is 2.10. The lowest BCUT2D eigenvalue weighted by atomic mass is 10.2. The van der Waals surface area contributed by atoms with Gasteiger partial charge in [-0.1, -0.05) is 0 Å². The van der Waals surface area contributed by atoms with E-state index in [1.165, 1.54) is 6.26 Å². The Morgan fingerprint density at radius 3 is 2.26 bits per heavy atom. The van der Waals surface area contributed by atoms with Gasteiger partial charge >= 0.3 is 6.03 Å². The first kappa shape index (κ1) is 16.6. The molecule has 122 valence electrons. The van der Waals surface area contributed by atoms with Gasteiger partial charge < -0.3 is 26.1 Å². The Morgan fingerprint density at radius 1 is 1.13 bits per heavy atom. The molecule has 0 spiro atoms. The van der Waals surface area contributed by atoms with Crippen LogP contribution >= 0.6 is 0 Å². The summed E-state index contributed by atoms with van der Waals surface area (Å²) >= 11 is 0. The molecule has 0 unspecified atom stereocenters. The van der Waals surface area contributed by atoms with Gasteiger partial charge in [0.1, 0.15) is 12.0 Å². The van der Waals surface area contributed by atoms with Gasteiger partial charge in [0.2, 0.25) is 0 Å². The van der Waals surface area contributed by atoms with E-state index in [9.17, 15) is 9.59 Å². The Morgan fingerprint density at radius 2 is 1.74 bits per heavy atom. The summed E-state index contributed by atoms with van der Waals surface area (Å²) in [7, 11) is 0. The van der Waals surface area contributed by atoms with Crippen LogP contribution in [0.15, 0.2) is 41.0 Å². The SMILES string of the molecule is CC(C)NC(=O)Nc1ccc(NC(=O)c2coc(CN)c2)cc1. The number of nitrogens with two attached hydrogens (primary N) is 1. The molecule has 0 saturated carbocycles. The monoisotopic (exact) mass is 316 g/mol. The van der Waals surface area contributed by atoms with Crippen LogP contribution in [0.1, 0.15) is 30.0 Å². The number of amides is 3. The van der Waals surface area contributed by atoms with Crippen LogP contribution < -0.4 is 21.7 Å². The van der Waals surface area contributed by atoms with E-state index in [0.717, 1.165) is 0 Å². The van der Waals surface area contributed by atoms with Crippen LogP contribution in [0.25, 0.3) is 0 Å². The van der Waals surface area contributed by atoms with E-state index in [-0.39, 0.29) is 24.5 Å². The van der Waals surface area contributed by atoms with Crippen LogP contribution in [-0.2, 0) is 6.54 Å². The first-order valence-electron chi connectivity index (χ1n) is 7.24. The lowest BCUT2D eigenvalue weighted by molar-refractivity contribution is 0.102. The van der Waals surface area contributed by atoms with Gasteiger partial charge in [-0.3, -0.25) is 4.79 Å². The topological polar surface area (TPSA) is 109 Å². The maximum Gasteiger partial charge on any atom is 0.319 e. The number of hydrogen-bond donors (Lipinski definition) is 4. The zero-order valence-corrected chi connectivity index (χ0v) is 13.1. The Balaban J connectivity index is 1.94. The molecule has 0 bridgehead atoms. The third kappa shape index (κ3) is 4.86. The standard InChI is InChI=1S/C16H20N4O3/c1-10(2)18-16(22)20-13-5-3-12(4-6-13)19-15(21)11-7-14(8-17)23-9-11/h3-7,9-10H,8,17H2,1-2H3,(H,19,21)(H2,18,20,22). The molecule has 5 N–H and O–H groups in total. The molecule has 2 rings (SSSR count).